The van der Waals surface area contributed by atoms with E-state index in [0.717, 1.165) is 21.6 Å². The van der Waals surface area contributed by atoms with Crippen molar-refractivity contribution in [1.29, 1.82) is 0 Å². The molecule has 0 fully saturated rings. The summed E-state index contributed by atoms with van der Waals surface area (Å²) >= 11 is 1.29. The van der Waals surface area contributed by atoms with E-state index in [1.165, 1.54) is 35.0 Å². The van der Waals surface area contributed by atoms with Crippen LogP contribution >= 0.6 is 11.3 Å². The molecular weight excluding hydrogens is 512 g/mol. The second-order valence-corrected chi connectivity index (χ2v) is 12.3. The van der Waals surface area contributed by atoms with Gasteiger partial charge in [0.05, 0.1) is 23.5 Å². The lowest BCUT2D eigenvalue weighted by Crippen LogP contribution is -2.36. The van der Waals surface area contributed by atoms with Crippen LogP contribution in [0.2, 0.25) is 0 Å². The van der Waals surface area contributed by atoms with Gasteiger partial charge in [0, 0.05) is 23.5 Å². The molecule has 4 rings (SSSR count). The number of benzene rings is 1. The highest BCUT2D eigenvalue weighted by molar-refractivity contribution is 7.89. The molecule has 1 unspecified atom stereocenters. The molecule has 1 aliphatic heterocycles. The van der Waals surface area contributed by atoms with E-state index in [9.17, 15) is 23.1 Å². The lowest BCUT2D eigenvalue weighted by atomic mass is 9.84. The van der Waals surface area contributed by atoms with Crippen molar-refractivity contribution in [3.63, 3.8) is 0 Å². The van der Waals surface area contributed by atoms with E-state index in [0.29, 0.717) is 17.0 Å². The van der Waals surface area contributed by atoms with Gasteiger partial charge in [-0.05, 0) is 55.2 Å². The second kappa shape index (κ2) is 10.7. The number of aliphatic carboxylic acids is 1. The molecule has 196 valence electrons. The number of pyridine rings is 1. The largest absolute Gasteiger partial charge is 0.488 e. The van der Waals surface area contributed by atoms with Crippen molar-refractivity contribution in [3.05, 3.63) is 75.2 Å². The van der Waals surface area contributed by atoms with Gasteiger partial charge in [-0.2, -0.15) is 4.31 Å². The van der Waals surface area contributed by atoms with Gasteiger partial charge in [-0.25, -0.2) is 8.42 Å². The molecule has 1 aliphatic rings. The highest BCUT2D eigenvalue weighted by atomic mass is 32.2. The maximum atomic E-state index is 13.6. The molecule has 0 bridgehead atoms. The molecule has 10 heteroatoms. The number of hydrogen-bond acceptors (Lipinski definition) is 7. The number of hydrogen-bond donors (Lipinski definition) is 1. The molecule has 3 heterocycles. The van der Waals surface area contributed by atoms with Crippen molar-refractivity contribution in [2.24, 2.45) is 5.92 Å². The van der Waals surface area contributed by atoms with Crippen LogP contribution in [0.1, 0.15) is 64.3 Å². The minimum Gasteiger partial charge on any atom is -0.488 e. The van der Waals surface area contributed by atoms with Gasteiger partial charge in [0.1, 0.15) is 16.7 Å². The number of aromatic nitrogens is 1. The number of carbonyl (C=O) groups excluding carboxylic acids is 1. The van der Waals surface area contributed by atoms with E-state index in [4.69, 9.17) is 4.74 Å². The fourth-order valence-electron chi connectivity index (χ4n) is 4.50. The average Bonchev–Trinajstić information content (AvgIpc) is 3.31. The summed E-state index contributed by atoms with van der Waals surface area (Å²) in [5.41, 5.74) is 2.42. The van der Waals surface area contributed by atoms with Gasteiger partial charge in [-0.1, -0.05) is 32.0 Å². The number of ketones is 1. The molecular formula is C27H30N2O6S2. The molecule has 1 aromatic carbocycles. The number of nitrogens with zero attached hydrogens (tertiary/aromatic N) is 2. The van der Waals surface area contributed by atoms with Gasteiger partial charge < -0.3 is 9.84 Å². The van der Waals surface area contributed by atoms with Crippen molar-refractivity contribution in [3.8, 4) is 5.75 Å². The predicted octanol–water partition coefficient (Wildman–Crippen LogP) is 4.87. The quantitative estimate of drug-likeness (QED) is 0.404. The van der Waals surface area contributed by atoms with E-state index in [1.807, 2.05) is 32.0 Å². The number of thiophene rings is 1. The Labute approximate surface area is 221 Å². The van der Waals surface area contributed by atoms with E-state index in [2.05, 4.69) is 4.98 Å². The Bertz CT molecular complexity index is 1430. The van der Waals surface area contributed by atoms with E-state index in [-0.39, 0.29) is 29.9 Å². The molecule has 37 heavy (non-hydrogen) atoms. The lowest BCUT2D eigenvalue weighted by Gasteiger charge is -2.25. The summed E-state index contributed by atoms with van der Waals surface area (Å²) in [6.07, 6.45) is 3.13. The number of carboxylic acids is 1. The van der Waals surface area contributed by atoms with Crippen molar-refractivity contribution < 1.29 is 27.9 Å². The zero-order valence-electron chi connectivity index (χ0n) is 21.2. The molecule has 0 amide bonds. The van der Waals surface area contributed by atoms with Gasteiger partial charge in [0.25, 0.3) is 0 Å². The van der Waals surface area contributed by atoms with Crippen molar-refractivity contribution >= 4 is 33.1 Å². The van der Waals surface area contributed by atoms with Gasteiger partial charge in [-0.15, -0.1) is 11.3 Å². The third-order valence-corrected chi connectivity index (χ3v) is 9.86. The van der Waals surface area contributed by atoms with E-state index >= 15 is 0 Å². The van der Waals surface area contributed by atoms with Crippen LogP contribution < -0.4 is 4.74 Å². The Morgan fingerprint density at radius 1 is 1.24 bits per heavy atom. The number of aryl methyl sites for hydroxylation is 1. The van der Waals surface area contributed by atoms with Crippen LogP contribution in [-0.4, -0.2) is 47.2 Å². The van der Waals surface area contributed by atoms with Crippen molar-refractivity contribution in [1.82, 2.24) is 9.29 Å². The third kappa shape index (κ3) is 5.46. The van der Waals surface area contributed by atoms with E-state index < -0.39 is 27.8 Å². The Hall–Kier alpha value is -3.08. The van der Waals surface area contributed by atoms with Gasteiger partial charge in [-0.3, -0.25) is 14.6 Å². The Balaban J connectivity index is 1.75. The highest BCUT2D eigenvalue weighted by Gasteiger charge is 2.35. The first-order chi connectivity index (χ1) is 17.5. The maximum absolute atomic E-state index is 13.6. The smallest absolute Gasteiger partial charge is 0.307 e. The topological polar surface area (TPSA) is 114 Å². The Morgan fingerprint density at radius 2 is 2.00 bits per heavy atom. The summed E-state index contributed by atoms with van der Waals surface area (Å²) in [6.45, 7) is 7.26. The monoisotopic (exact) mass is 542 g/mol. The van der Waals surface area contributed by atoms with Crippen LogP contribution in [0, 0.1) is 12.8 Å². The number of carbonyl (C=O) groups is 2. The van der Waals surface area contributed by atoms with Crippen LogP contribution in [-0.2, 0) is 21.4 Å². The minimum absolute atomic E-state index is 0.0347. The molecule has 0 saturated heterocycles. The number of fused-ring (bicyclic) bond motifs is 1. The molecule has 0 aliphatic carbocycles. The Morgan fingerprint density at radius 3 is 2.65 bits per heavy atom. The normalized spacial score (nSPS) is 18.8. The molecule has 1 N–H and O–H groups in total. The molecule has 0 spiro atoms. The number of Topliss-reactive ketones (excluding diaryl/α,β-unsaturated/α-hetero) is 1. The number of carboxylic acid groups (broad SMARTS) is 1. The predicted molar refractivity (Wildman–Crippen MR) is 141 cm³/mol. The maximum Gasteiger partial charge on any atom is 0.307 e. The minimum atomic E-state index is -3.88. The van der Waals surface area contributed by atoms with E-state index in [1.54, 1.807) is 25.1 Å². The van der Waals surface area contributed by atoms with Crippen LogP contribution in [0.25, 0.3) is 0 Å². The molecule has 3 aromatic rings. The van der Waals surface area contributed by atoms with Gasteiger partial charge in [0.2, 0.25) is 10.0 Å². The lowest BCUT2D eigenvalue weighted by molar-refractivity contribution is -0.141. The number of rotatable bonds is 8. The first kappa shape index (κ1) is 27.0. The fourth-order valence-corrected chi connectivity index (χ4v) is 7.15. The highest BCUT2D eigenvalue weighted by Crippen LogP contribution is 2.38. The molecule has 8 nitrogen and oxygen atoms in total. The van der Waals surface area contributed by atoms with Crippen LogP contribution in [0.3, 0.4) is 0 Å². The number of sulfonamides is 1. The molecule has 3 atom stereocenters. The summed E-state index contributed by atoms with van der Waals surface area (Å²) in [7, 11) is -3.88. The third-order valence-electron chi connectivity index (χ3n) is 6.77. The van der Waals surface area contributed by atoms with Crippen LogP contribution in [0.15, 0.2) is 53.7 Å². The standard InChI is InChI=1S/C27H30N2O6S2/c1-5-21-15-29(37(33,34)25-13-28-11-10-22(25)35-21)14-20-12-19(7-6-16(20)2)26(17(3)27(31)32)24-9-8-23(36-24)18(4)30/h6-13,17,21,26H,5,14-15H2,1-4H3,(H,31,32)/t17-,21+,26?/m0/s1. The summed E-state index contributed by atoms with van der Waals surface area (Å²) in [6, 6.07) is 10.7. The first-order valence-electron chi connectivity index (χ1n) is 12.1. The SMILES string of the molecule is CC[C@@H]1CN(Cc2cc(C(c3ccc(C(C)=O)s3)[C@H](C)C(=O)O)ccc2C)S(=O)(=O)c2cnccc2O1. The second-order valence-electron chi connectivity index (χ2n) is 9.32. The summed E-state index contributed by atoms with van der Waals surface area (Å²) in [5, 5.41) is 9.86. The van der Waals surface area contributed by atoms with Crippen molar-refractivity contribution in [2.45, 2.75) is 57.6 Å². The van der Waals surface area contributed by atoms with Crippen LogP contribution in [0.5, 0.6) is 5.75 Å². The van der Waals surface area contributed by atoms with Gasteiger partial charge >= 0.3 is 5.97 Å². The summed E-state index contributed by atoms with van der Waals surface area (Å²) < 4.78 is 34.6. The molecule has 0 radical (unpaired) electrons. The zero-order valence-corrected chi connectivity index (χ0v) is 22.8. The summed E-state index contributed by atoms with van der Waals surface area (Å²) in [5.74, 6) is -1.98. The summed E-state index contributed by atoms with van der Waals surface area (Å²) in [4.78, 5) is 29.3. The van der Waals surface area contributed by atoms with Gasteiger partial charge in [0.15, 0.2) is 5.78 Å². The molecule has 0 saturated carbocycles. The zero-order chi connectivity index (χ0) is 26.9. The fraction of sp³-hybridized carbons (Fsp3) is 0.370. The van der Waals surface area contributed by atoms with Crippen LogP contribution in [0.4, 0.5) is 0 Å². The number of ether oxygens (including phenoxy) is 1. The Kier molecular flexibility index (Phi) is 7.82. The molecule has 2 aromatic heterocycles. The van der Waals surface area contributed by atoms with Crippen molar-refractivity contribution in [2.75, 3.05) is 6.54 Å². The first-order valence-corrected chi connectivity index (χ1v) is 14.3. The average molecular weight is 543 g/mol.